The van der Waals surface area contributed by atoms with Gasteiger partial charge in [-0.2, -0.15) is 0 Å². The van der Waals surface area contributed by atoms with Crippen molar-refractivity contribution >= 4 is 0 Å². The Balaban J connectivity index is 1.29. The Morgan fingerprint density at radius 3 is 1.63 bits per heavy atom. The van der Waals surface area contributed by atoms with Crippen LogP contribution in [0, 0.1) is 11.8 Å². The normalized spacial score (nSPS) is 39.0. The summed E-state index contributed by atoms with van der Waals surface area (Å²) in [6.07, 6.45) is 5.80. The monoisotopic (exact) mass is 263 g/mol. The fourth-order valence-electron chi connectivity index (χ4n) is 4.70. The van der Waals surface area contributed by atoms with Gasteiger partial charge in [-0.3, -0.25) is 9.80 Å². The van der Waals surface area contributed by atoms with Crippen LogP contribution in [0.2, 0.25) is 0 Å². The van der Waals surface area contributed by atoms with E-state index in [4.69, 9.17) is 0 Å². The molecule has 3 saturated heterocycles. The van der Waals surface area contributed by atoms with Crippen LogP contribution in [0.3, 0.4) is 0 Å². The van der Waals surface area contributed by atoms with Crippen molar-refractivity contribution in [1.82, 2.24) is 14.7 Å². The van der Waals surface area contributed by atoms with Gasteiger partial charge in [0, 0.05) is 38.3 Å². The molecule has 0 N–H and O–H groups in total. The summed E-state index contributed by atoms with van der Waals surface area (Å²) in [5, 5.41) is 0. The van der Waals surface area contributed by atoms with Crippen LogP contribution in [0.15, 0.2) is 0 Å². The van der Waals surface area contributed by atoms with Gasteiger partial charge in [0.25, 0.3) is 0 Å². The van der Waals surface area contributed by atoms with E-state index in [-0.39, 0.29) is 0 Å². The van der Waals surface area contributed by atoms with Crippen LogP contribution < -0.4 is 0 Å². The predicted octanol–water partition coefficient (Wildman–Crippen LogP) is 1.50. The van der Waals surface area contributed by atoms with E-state index in [9.17, 15) is 0 Å². The number of nitrogens with zero attached hydrogens (tertiary/aromatic N) is 3. The van der Waals surface area contributed by atoms with Crippen LogP contribution in [-0.2, 0) is 0 Å². The maximum Gasteiger partial charge on any atom is 0.0120 e. The molecule has 1 saturated carbocycles. The third-order valence-corrected chi connectivity index (χ3v) is 6.13. The van der Waals surface area contributed by atoms with Crippen molar-refractivity contribution < 1.29 is 0 Å². The van der Waals surface area contributed by atoms with Crippen LogP contribution in [-0.4, -0.2) is 72.6 Å². The highest BCUT2D eigenvalue weighted by molar-refractivity contribution is 4.99. The minimum atomic E-state index is 0.905. The smallest absolute Gasteiger partial charge is 0.0120 e. The van der Waals surface area contributed by atoms with Crippen molar-refractivity contribution in [3.8, 4) is 0 Å². The molecule has 0 bridgehead atoms. The molecule has 0 aromatic carbocycles. The molecule has 0 aromatic heterocycles. The van der Waals surface area contributed by atoms with Crippen LogP contribution in [0.1, 0.15) is 32.6 Å². The molecule has 2 unspecified atom stereocenters. The van der Waals surface area contributed by atoms with Crippen LogP contribution in [0.4, 0.5) is 0 Å². The van der Waals surface area contributed by atoms with E-state index in [1.807, 2.05) is 0 Å². The van der Waals surface area contributed by atoms with E-state index in [0.29, 0.717) is 0 Å². The average Bonchev–Trinajstić information content (AvgIpc) is 3.10. The topological polar surface area (TPSA) is 9.72 Å². The minimum absolute atomic E-state index is 0.905. The number of likely N-dealkylation sites (tertiary alicyclic amines) is 3. The van der Waals surface area contributed by atoms with Gasteiger partial charge in [0.15, 0.2) is 0 Å². The second-order valence-corrected chi connectivity index (χ2v) is 7.32. The Kier molecular flexibility index (Phi) is 3.33. The first kappa shape index (κ1) is 12.6. The number of rotatable bonds is 3. The van der Waals surface area contributed by atoms with Crippen molar-refractivity contribution in [1.29, 1.82) is 0 Å². The van der Waals surface area contributed by atoms with Crippen LogP contribution in [0.5, 0.6) is 0 Å². The van der Waals surface area contributed by atoms with Gasteiger partial charge in [-0.25, -0.2) is 0 Å². The molecule has 0 spiro atoms. The van der Waals surface area contributed by atoms with Crippen LogP contribution in [0.25, 0.3) is 0 Å². The Labute approximate surface area is 117 Å². The molecule has 0 aromatic rings. The second kappa shape index (κ2) is 5.01. The van der Waals surface area contributed by atoms with Crippen LogP contribution >= 0.6 is 0 Å². The lowest BCUT2D eigenvalue weighted by molar-refractivity contribution is 0.119. The molecule has 3 aliphatic heterocycles. The third kappa shape index (κ3) is 2.45. The Bertz CT molecular complexity index is 306. The van der Waals surface area contributed by atoms with Crippen molar-refractivity contribution in [3.05, 3.63) is 0 Å². The molecule has 4 aliphatic rings. The molecule has 3 nitrogen and oxygen atoms in total. The second-order valence-electron chi connectivity index (χ2n) is 7.32. The van der Waals surface area contributed by atoms with E-state index in [2.05, 4.69) is 21.6 Å². The number of hydrogen-bond acceptors (Lipinski definition) is 3. The van der Waals surface area contributed by atoms with Crippen molar-refractivity contribution in [2.75, 3.05) is 45.8 Å². The zero-order valence-electron chi connectivity index (χ0n) is 12.4. The highest BCUT2D eigenvalue weighted by atomic mass is 15.3. The molecule has 19 heavy (non-hydrogen) atoms. The summed E-state index contributed by atoms with van der Waals surface area (Å²) in [6, 6.07) is 1.90. The average molecular weight is 263 g/mol. The van der Waals surface area contributed by atoms with E-state index in [0.717, 1.165) is 23.9 Å². The maximum atomic E-state index is 2.85. The highest BCUT2D eigenvalue weighted by Crippen LogP contribution is 2.39. The largest absolute Gasteiger partial charge is 0.303 e. The van der Waals surface area contributed by atoms with Gasteiger partial charge in [-0.15, -0.1) is 0 Å². The summed E-state index contributed by atoms with van der Waals surface area (Å²) in [4.78, 5) is 8.27. The molecule has 3 heteroatoms. The first-order chi connectivity index (χ1) is 9.33. The quantitative estimate of drug-likeness (QED) is 0.764. The van der Waals surface area contributed by atoms with Crippen molar-refractivity contribution in [2.45, 2.75) is 44.7 Å². The Morgan fingerprint density at radius 1 is 0.737 bits per heavy atom. The molecule has 0 radical (unpaired) electrons. The minimum Gasteiger partial charge on any atom is -0.303 e. The first-order valence-corrected chi connectivity index (χ1v) is 8.54. The van der Waals surface area contributed by atoms with E-state index in [1.165, 1.54) is 71.5 Å². The standard InChI is InChI=1S/C16H29N3/c1-2-17-7-5-16(6-8-17)19-11-13-9-18(15-3-4-15)10-14(13)12-19/h13-16H,2-12H2,1H3. The SMILES string of the molecule is CCN1CCC(N2CC3CN(C4CC4)CC3C2)CC1. The maximum absolute atomic E-state index is 2.85. The molecule has 3 heterocycles. The first-order valence-electron chi connectivity index (χ1n) is 8.54. The van der Waals surface area contributed by atoms with Gasteiger partial charge >= 0.3 is 0 Å². The molecule has 4 fully saturated rings. The lowest BCUT2D eigenvalue weighted by Gasteiger charge is -2.37. The predicted molar refractivity (Wildman–Crippen MR) is 78.3 cm³/mol. The summed E-state index contributed by atoms with van der Waals surface area (Å²) in [6.45, 7) is 11.9. The van der Waals surface area contributed by atoms with Crippen molar-refractivity contribution in [3.63, 3.8) is 0 Å². The fourth-order valence-corrected chi connectivity index (χ4v) is 4.70. The zero-order chi connectivity index (χ0) is 12.8. The third-order valence-electron chi connectivity index (χ3n) is 6.13. The fraction of sp³-hybridized carbons (Fsp3) is 1.00. The highest BCUT2D eigenvalue weighted by Gasteiger charge is 2.45. The number of hydrogen-bond donors (Lipinski definition) is 0. The van der Waals surface area contributed by atoms with Gasteiger partial charge < -0.3 is 4.90 Å². The van der Waals surface area contributed by atoms with E-state index in [1.54, 1.807) is 0 Å². The summed E-state index contributed by atoms with van der Waals surface area (Å²) >= 11 is 0. The van der Waals surface area contributed by atoms with Gasteiger partial charge in [-0.1, -0.05) is 6.92 Å². The van der Waals surface area contributed by atoms with Gasteiger partial charge in [0.2, 0.25) is 0 Å². The van der Waals surface area contributed by atoms with Gasteiger partial charge in [0.05, 0.1) is 0 Å². The number of piperidine rings is 1. The Morgan fingerprint density at radius 2 is 1.21 bits per heavy atom. The zero-order valence-corrected chi connectivity index (χ0v) is 12.4. The summed E-state index contributed by atoms with van der Waals surface area (Å²) in [5.74, 6) is 2.01. The molecule has 4 rings (SSSR count). The van der Waals surface area contributed by atoms with E-state index >= 15 is 0 Å². The molecule has 1 aliphatic carbocycles. The molecule has 0 amide bonds. The number of fused-ring (bicyclic) bond motifs is 1. The molecular formula is C16H29N3. The van der Waals surface area contributed by atoms with Crippen molar-refractivity contribution in [2.24, 2.45) is 11.8 Å². The molecule has 108 valence electrons. The van der Waals surface area contributed by atoms with Gasteiger partial charge in [0.1, 0.15) is 0 Å². The van der Waals surface area contributed by atoms with E-state index < -0.39 is 0 Å². The summed E-state index contributed by atoms with van der Waals surface area (Å²) in [5.41, 5.74) is 0. The Hall–Kier alpha value is -0.120. The summed E-state index contributed by atoms with van der Waals surface area (Å²) < 4.78 is 0. The molecule has 2 atom stereocenters. The molecular weight excluding hydrogens is 234 g/mol. The van der Waals surface area contributed by atoms with Gasteiger partial charge in [-0.05, 0) is 57.2 Å². The lowest BCUT2D eigenvalue weighted by atomic mass is 10.0. The lowest BCUT2D eigenvalue weighted by Crippen LogP contribution is -2.44. The summed E-state index contributed by atoms with van der Waals surface area (Å²) in [7, 11) is 0.